The monoisotopic (exact) mass is 211 g/mol. The molecule has 0 aromatic rings. The number of allylic oxidation sites excluding steroid dienone is 2. The third-order valence-electron chi connectivity index (χ3n) is 3.74. The molecule has 86 valence electrons. The normalized spacial score (nSPS) is 33.1. The fourth-order valence-corrected chi connectivity index (χ4v) is 3.01. The Morgan fingerprint density at radius 3 is 2.27 bits per heavy atom. The van der Waals surface area contributed by atoms with Gasteiger partial charge < -0.3 is 10.2 Å². The Balaban J connectivity index is 1.81. The third-order valence-corrected chi connectivity index (χ3v) is 3.74. The second kappa shape index (κ2) is 5.10. The van der Waals surface area contributed by atoms with Crippen molar-refractivity contribution in [3.05, 3.63) is 12.2 Å². The molecule has 2 rings (SSSR count). The highest BCUT2D eigenvalue weighted by Crippen LogP contribution is 2.43. The minimum Gasteiger partial charge on any atom is -0.395 e. The zero-order valence-corrected chi connectivity index (χ0v) is 9.18. The van der Waals surface area contributed by atoms with Gasteiger partial charge in [0.2, 0.25) is 0 Å². The van der Waals surface area contributed by atoms with Gasteiger partial charge in [-0.1, -0.05) is 12.2 Å². The Labute approximate surface area is 91.4 Å². The first kappa shape index (κ1) is 11.1. The van der Waals surface area contributed by atoms with Crippen molar-refractivity contribution in [2.45, 2.75) is 12.8 Å². The Hall–Kier alpha value is -0.380. The number of fused-ring (bicyclic) bond motifs is 2. The van der Waals surface area contributed by atoms with E-state index in [1.807, 2.05) is 0 Å². The molecule has 1 saturated carbocycles. The summed E-state index contributed by atoms with van der Waals surface area (Å²) in [6, 6.07) is 0. The van der Waals surface area contributed by atoms with E-state index in [4.69, 9.17) is 10.2 Å². The number of aliphatic hydroxyl groups is 2. The lowest BCUT2D eigenvalue weighted by Gasteiger charge is -2.27. The average molecular weight is 211 g/mol. The summed E-state index contributed by atoms with van der Waals surface area (Å²) in [6.45, 7) is 2.80. The highest BCUT2D eigenvalue weighted by atomic mass is 16.3. The maximum absolute atomic E-state index is 8.93. The lowest BCUT2D eigenvalue weighted by molar-refractivity contribution is 0.138. The van der Waals surface area contributed by atoms with E-state index in [-0.39, 0.29) is 13.2 Å². The molecule has 15 heavy (non-hydrogen) atoms. The van der Waals surface area contributed by atoms with Gasteiger partial charge in [0.1, 0.15) is 0 Å². The minimum atomic E-state index is 0.191. The molecule has 0 amide bonds. The molecule has 0 radical (unpaired) electrons. The van der Waals surface area contributed by atoms with Crippen molar-refractivity contribution in [2.75, 3.05) is 32.8 Å². The largest absolute Gasteiger partial charge is 0.395 e. The quantitative estimate of drug-likeness (QED) is 0.628. The molecule has 0 unspecified atom stereocenters. The third kappa shape index (κ3) is 2.60. The molecule has 2 aliphatic carbocycles. The second-order valence-corrected chi connectivity index (χ2v) is 4.79. The number of rotatable bonds is 6. The van der Waals surface area contributed by atoms with Crippen LogP contribution in [0.5, 0.6) is 0 Å². The summed E-state index contributed by atoms with van der Waals surface area (Å²) in [6.07, 6.45) is 7.34. The molecular weight excluding hydrogens is 190 g/mol. The van der Waals surface area contributed by atoms with Crippen LogP contribution in [0.4, 0.5) is 0 Å². The van der Waals surface area contributed by atoms with Crippen LogP contribution in [0.15, 0.2) is 12.2 Å². The van der Waals surface area contributed by atoms with E-state index >= 15 is 0 Å². The van der Waals surface area contributed by atoms with Crippen LogP contribution in [-0.2, 0) is 0 Å². The Morgan fingerprint density at radius 2 is 1.80 bits per heavy atom. The fourth-order valence-electron chi connectivity index (χ4n) is 3.01. The summed E-state index contributed by atoms with van der Waals surface area (Å²) in [5, 5.41) is 17.9. The van der Waals surface area contributed by atoms with Crippen LogP contribution in [0.1, 0.15) is 12.8 Å². The standard InChI is InChI=1S/C12H21NO2/c14-5-3-13(4-6-15)9-12-8-10-1-2-11(12)7-10/h1-2,10-12,14-15H,3-9H2/t10-,11+,12-/m0/s1. The first-order chi connectivity index (χ1) is 7.33. The van der Waals surface area contributed by atoms with E-state index in [1.54, 1.807) is 0 Å². The summed E-state index contributed by atoms with van der Waals surface area (Å²) < 4.78 is 0. The van der Waals surface area contributed by atoms with Gasteiger partial charge in [0.25, 0.3) is 0 Å². The molecule has 3 atom stereocenters. The van der Waals surface area contributed by atoms with Gasteiger partial charge in [0, 0.05) is 19.6 Å². The zero-order chi connectivity index (χ0) is 10.7. The van der Waals surface area contributed by atoms with Crippen LogP contribution >= 0.6 is 0 Å². The first-order valence-electron chi connectivity index (χ1n) is 5.96. The van der Waals surface area contributed by atoms with Crippen molar-refractivity contribution in [3.63, 3.8) is 0 Å². The summed E-state index contributed by atoms with van der Waals surface area (Å²) in [4.78, 5) is 2.18. The number of hydrogen-bond acceptors (Lipinski definition) is 3. The number of aliphatic hydroxyl groups excluding tert-OH is 2. The molecule has 2 bridgehead atoms. The lowest BCUT2D eigenvalue weighted by Crippen LogP contribution is -2.35. The van der Waals surface area contributed by atoms with Crippen molar-refractivity contribution in [1.82, 2.24) is 4.90 Å². The van der Waals surface area contributed by atoms with E-state index in [2.05, 4.69) is 17.1 Å². The van der Waals surface area contributed by atoms with Crippen LogP contribution in [0, 0.1) is 17.8 Å². The molecule has 0 aliphatic heterocycles. The summed E-state index contributed by atoms with van der Waals surface area (Å²) in [5.74, 6) is 2.32. The first-order valence-corrected chi connectivity index (χ1v) is 5.96. The smallest absolute Gasteiger partial charge is 0.0558 e. The molecule has 0 heterocycles. The number of nitrogens with zero attached hydrogens (tertiary/aromatic N) is 1. The fraction of sp³-hybridized carbons (Fsp3) is 0.833. The van der Waals surface area contributed by atoms with Gasteiger partial charge in [-0.3, -0.25) is 4.90 Å². The van der Waals surface area contributed by atoms with Crippen LogP contribution < -0.4 is 0 Å². The Morgan fingerprint density at radius 1 is 1.07 bits per heavy atom. The van der Waals surface area contributed by atoms with Gasteiger partial charge in [-0.25, -0.2) is 0 Å². The lowest BCUT2D eigenvalue weighted by atomic mass is 9.93. The molecule has 1 fully saturated rings. The van der Waals surface area contributed by atoms with Crippen LogP contribution in [-0.4, -0.2) is 48.0 Å². The predicted octanol–water partition coefficient (Wildman–Crippen LogP) is 0.485. The molecule has 3 heteroatoms. The summed E-state index contributed by atoms with van der Waals surface area (Å²) in [5.41, 5.74) is 0. The van der Waals surface area contributed by atoms with Gasteiger partial charge in [0.05, 0.1) is 13.2 Å². The Kier molecular flexibility index (Phi) is 3.78. The van der Waals surface area contributed by atoms with Crippen LogP contribution in [0.3, 0.4) is 0 Å². The second-order valence-electron chi connectivity index (χ2n) is 4.79. The molecule has 3 nitrogen and oxygen atoms in total. The molecule has 0 aromatic heterocycles. The van der Waals surface area contributed by atoms with Crippen molar-refractivity contribution in [1.29, 1.82) is 0 Å². The average Bonchev–Trinajstić information content (AvgIpc) is 2.80. The van der Waals surface area contributed by atoms with Gasteiger partial charge in [-0.05, 0) is 30.6 Å². The molecule has 0 saturated heterocycles. The molecule has 2 N–H and O–H groups in total. The zero-order valence-electron chi connectivity index (χ0n) is 9.18. The van der Waals surface area contributed by atoms with Crippen LogP contribution in [0.25, 0.3) is 0 Å². The van der Waals surface area contributed by atoms with E-state index in [0.29, 0.717) is 13.1 Å². The van der Waals surface area contributed by atoms with E-state index in [1.165, 1.54) is 12.8 Å². The SMILES string of the molecule is OCCN(CCO)C[C@@H]1C[C@H]2C=C[C@@H]1C2. The number of hydrogen-bond donors (Lipinski definition) is 2. The molecular formula is C12H21NO2. The maximum atomic E-state index is 8.93. The summed E-state index contributed by atoms with van der Waals surface area (Å²) in [7, 11) is 0. The minimum absolute atomic E-state index is 0.191. The van der Waals surface area contributed by atoms with Gasteiger partial charge in [0.15, 0.2) is 0 Å². The van der Waals surface area contributed by atoms with E-state index in [0.717, 1.165) is 24.3 Å². The highest BCUT2D eigenvalue weighted by molar-refractivity contribution is 5.10. The highest BCUT2D eigenvalue weighted by Gasteiger charge is 2.36. The van der Waals surface area contributed by atoms with E-state index in [9.17, 15) is 0 Å². The van der Waals surface area contributed by atoms with Gasteiger partial charge in [-0.15, -0.1) is 0 Å². The molecule has 2 aliphatic rings. The van der Waals surface area contributed by atoms with E-state index < -0.39 is 0 Å². The van der Waals surface area contributed by atoms with Crippen molar-refractivity contribution in [3.8, 4) is 0 Å². The molecule has 0 spiro atoms. The summed E-state index contributed by atoms with van der Waals surface area (Å²) >= 11 is 0. The van der Waals surface area contributed by atoms with Crippen molar-refractivity contribution < 1.29 is 10.2 Å². The van der Waals surface area contributed by atoms with Gasteiger partial charge >= 0.3 is 0 Å². The topological polar surface area (TPSA) is 43.7 Å². The Bertz CT molecular complexity index is 224. The molecule has 0 aromatic carbocycles. The van der Waals surface area contributed by atoms with Crippen LogP contribution in [0.2, 0.25) is 0 Å². The van der Waals surface area contributed by atoms with Gasteiger partial charge in [-0.2, -0.15) is 0 Å². The van der Waals surface area contributed by atoms with Crippen molar-refractivity contribution in [2.24, 2.45) is 17.8 Å². The maximum Gasteiger partial charge on any atom is 0.0558 e. The predicted molar refractivity (Wildman–Crippen MR) is 59.5 cm³/mol. The van der Waals surface area contributed by atoms with Crippen molar-refractivity contribution >= 4 is 0 Å².